The smallest absolute Gasteiger partial charge is 0.748 e. The van der Waals surface area contributed by atoms with Gasteiger partial charge < -0.3 is 4.55 Å². The Morgan fingerprint density at radius 2 is 1.89 bits per heavy atom. The van der Waals surface area contributed by atoms with E-state index in [4.69, 9.17) is 0 Å². The fraction of sp³-hybridized carbons (Fsp3) is 1.00. The molecule has 0 N–H and O–H groups in total. The van der Waals surface area contributed by atoms with Crippen LogP contribution in [-0.2, 0) is 32.5 Å². The molecule has 0 fully saturated rings. The SMILES string of the molecule is O=S(=O)([O-])CCCS.[Au+]. The van der Waals surface area contributed by atoms with Gasteiger partial charge in [-0.2, -0.15) is 12.6 Å². The van der Waals surface area contributed by atoms with Crippen molar-refractivity contribution in [1.82, 2.24) is 0 Å². The Balaban J connectivity index is 0. The normalized spacial score (nSPS) is 10.4. The molecule has 0 bridgehead atoms. The van der Waals surface area contributed by atoms with E-state index < -0.39 is 10.1 Å². The van der Waals surface area contributed by atoms with Crippen LogP contribution in [0, 0.1) is 0 Å². The van der Waals surface area contributed by atoms with E-state index in [1.807, 2.05) is 0 Å². The molecule has 0 aromatic rings. The molecule has 60 valence electrons. The Bertz CT molecular complexity index is 141. The first-order chi connectivity index (χ1) is 3.56. The minimum absolute atomic E-state index is 0. The molecule has 0 radical (unpaired) electrons. The number of hydrogen-bond donors (Lipinski definition) is 1. The predicted molar refractivity (Wildman–Crippen MR) is 33.0 cm³/mol. The molecule has 0 aliphatic carbocycles. The molecule has 0 spiro atoms. The fourth-order valence-electron chi connectivity index (χ4n) is 0.241. The van der Waals surface area contributed by atoms with Crippen molar-refractivity contribution >= 4 is 22.7 Å². The average molecular weight is 352 g/mol. The first kappa shape index (κ1) is 12.7. The van der Waals surface area contributed by atoms with Gasteiger partial charge in [0.2, 0.25) is 0 Å². The molecule has 0 atom stereocenters. The molecule has 0 aromatic carbocycles. The zero-order chi connectivity index (χ0) is 6.62. The molecule has 9 heavy (non-hydrogen) atoms. The van der Waals surface area contributed by atoms with Crippen molar-refractivity contribution in [2.24, 2.45) is 0 Å². The minimum Gasteiger partial charge on any atom is -0.748 e. The van der Waals surface area contributed by atoms with Gasteiger partial charge in [0.1, 0.15) is 0 Å². The molecule has 3 nitrogen and oxygen atoms in total. The van der Waals surface area contributed by atoms with Crippen LogP contribution in [-0.4, -0.2) is 24.5 Å². The summed E-state index contributed by atoms with van der Waals surface area (Å²) >= 11 is 3.73. The zero-order valence-corrected chi connectivity index (χ0v) is 8.38. The standard InChI is InChI=1S/C3H8O3S2.Au/c4-8(5,6)3-1-2-7;/h7H,1-3H2,(H,4,5,6);/q;+1/p-1. The summed E-state index contributed by atoms with van der Waals surface area (Å²) in [4.78, 5) is 0. The van der Waals surface area contributed by atoms with Crippen molar-refractivity contribution in [3.05, 3.63) is 0 Å². The van der Waals surface area contributed by atoms with Gasteiger partial charge in [-0.25, -0.2) is 8.42 Å². The summed E-state index contributed by atoms with van der Waals surface area (Å²) in [5.41, 5.74) is 0. The van der Waals surface area contributed by atoms with Crippen LogP contribution in [0.5, 0.6) is 0 Å². The maximum absolute atomic E-state index is 9.80. The third kappa shape index (κ3) is 12.3. The van der Waals surface area contributed by atoms with Crippen LogP contribution in [0.3, 0.4) is 0 Å². The summed E-state index contributed by atoms with van der Waals surface area (Å²) in [5.74, 6) is 0.151. The van der Waals surface area contributed by atoms with E-state index in [0.29, 0.717) is 12.2 Å². The molecule has 0 rings (SSSR count). The van der Waals surface area contributed by atoms with Crippen molar-refractivity contribution in [3.8, 4) is 0 Å². The van der Waals surface area contributed by atoms with E-state index in [-0.39, 0.29) is 28.1 Å². The van der Waals surface area contributed by atoms with Gasteiger partial charge in [-0.3, -0.25) is 0 Å². The Kier molecular flexibility index (Phi) is 8.10. The summed E-state index contributed by atoms with van der Waals surface area (Å²) in [7, 11) is -3.99. The largest absolute Gasteiger partial charge is 1.00 e. The van der Waals surface area contributed by atoms with Gasteiger partial charge in [0.15, 0.2) is 0 Å². The third-order valence-electron chi connectivity index (χ3n) is 0.552. The van der Waals surface area contributed by atoms with Gasteiger partial charge in [0.05, 0.1) is 10.1 Å². The third-order valence-corrected chi connectivity index (χ3v) is 1.66. The second-order valence-corrected chi connectivity index (χ2v) is 3.31. The van der Waals surface area contributed by atoms with Crippen LogP contribution in [0.25, 0.3) is 0 Å². The van der Waals surface area contributed by atoms with Gasteiger partial charge in [0.25, 0.3) is 0 Å². The van der Waals surface area contributed by atoms with Crippen LogP contribution in [0.15, 0.2) is 0 Å². The van der Waals surface area contributed by atoms with Crippen LogP contribution in [0.1, 0.15) is 6.42 Å². The average Bonchev–Trinajstić information content (AvgIpc) is 1.59. The van der Waals surface area contributed by atoms with Crippen molar-refractivity contribution in [2.45, 2.75) is 6.42 Å². The summed E-state index contributed by atoms with van der Waals surface area (Å²) in [6.07, 6.45) is 0.342. The van der Waals surface area contributed by atoms with Crippen LogP contribution < -0.4 is 0 Å². The van der Waals surface area contributed by atoms with E-state index in [1.54, 1.807) is 0 Å². The first-order valence-electron chi connectivity index (χ1n) is 2.10. The van der Waals surface area contributed by atoms with Crippen molar-refractivity contribution in [3.63, 3.8) is 0 Å². The molecule has 0 aliphatic rings. The van der Waals surface area contributed by atoms with Gasteiger partial charge in [-0.15, -0.1) is 0 Å². The summed E-state index contributed by atoms with van der Waals surface area (Å²) in [5, 5.41) is 0. The Morgan fingerprint density at radius 1 is 1.44 bits per heavy atom. The second-order valence-electron chi connectivity index (χ2n) is 1.34. The Hall–Kier alpha value is 1.00. The quantitative estimate of drug-likeness (QED) is 0.437. The molecule has 0 amide bonds. The maximum Gasteiger partial charge on any atom is 1.00 e. The van der Waals surface area contributed by atoms with Crippen LogP contribution in [0.2, 0.25) is 0 Å². The minimum atomic E-state index is -3.99. The predicted octanol–water partition coefficient (Wildman–Crippen LogP) is -0.151. The molecule has 0 saturated heterocycles. The topological polar surface area (TPSA) is 57.2 Å². The van der Waals surface area contributed by atoms with Crippen LogP contribution in [0.4, 0.5) is 0 Å². The fourth-order valence-corrected chi connectivity index (χ4v) is 1.11. The molecular formula is C3H7AuO3S2. The molecule has 0 unspecified atom stereocenters. The number of hydrogen-bond acceptors (Lipinski definition) is 4. The van der Waals surface area contributed by atoms with E-state index in [9.17, 15) is 13.0 Å². The number of thiol groups is 1. The van der Waals surface area contributed by atoms with Gasteiger partial charge >= 0.3 is 22.4 Å². The Labute approximate surface area is 75.9 Å². The van der Waals surface area contributed by atoms with Crippen LogP contribution >= 0.6 is 12.6 Å². The molecule has 0 heterocycles. The Morgan fingerprint density at radius 3 is 2.00 bits per heavy atom. The monoisotopic (exact) mass is 352 g/mol. The number of rotatable bonds is 3. The van der Waals surface area contributed by atoms with Gasteiger partial charge in [-0.05, 0) is 12.2 Å². The molecule has 0 aliphatic heterocycles. The van der Waals surface area contributed by atoms with Gasteiger partial charge in [-0.1, -0.05) is 0 Å². The summed E-state index contributed by atoms with van der Waals surface area (Å²) in [6, 6.07) is 0. The molecule has 6 heteroatoms. The second kappa shape index (κ2) is 5.76. The van der Waals surface area contributed by atoms with E-state index >= 15 is 0 Å². The summed E-state index contributed by atoms with van der Waals surface area (Å²) in [6.45, 7) is 0. The van der Waals surface area contributed by atoms with Crippen molar-refractivity contribution in [2.75, 3.05) is 11.5 Å². The van der Waals surface area contributed by atoms with Crippen molar-refractivity contribution < 1.29 is 35.4 Å². The maximum atomic E-state index is 9.80. The molecular weight excluding hydrogens is 345 g/mol. The van der Waals surface area contributed by atoms with E-state index in [1.165, 1.54) is 0 Å². The van der Waals surface area contributed by atoms with E-state index in [0.717, 1.165) is 0 Å². The first-order valence-corrected chi connectivity index (χ1v) is 4.31. The van der Waals surface area contributed by atoms with Crippen molar-refractivity contribution in [1.29, 1.82) is 0 Å². The van der Waals surface area contributed by atoms with E-state index in [2.05, 4.69) is 12.6 Å². The molecule has 0 aromatic heterocycles. The summed E-state index contributed by atoms with van der Waals surface area (Å²) < 4.78 is 29.4. The molecule has 0 saturated carbocycles. The van der Waals surface area contributed by atoms with Gasteiger partial charge in [0, 0.05) is 5.75 Å². The zero-order valence-electron chi connectivity index (χ0n) is 4.50.